The number of anilines is 2. The summed E-state index contributed by atoms with van der Waals surface area (Å²) < 4.78 is 26.2. The van der Waals surface area contributed by atoms with Crippen LogP contribution in [0.2, 0.25) is 0 Å². The minimum Gasteiger partial charge on any atom is -0.387 e. The van der Waals surface area contributed by atoms with Gasteiger partial charge in [0.05, 0.1) is 11.9 Å². The molecule has 0 aliphatic heterocycles. The van der Waals surface area contributed by atoms with Crippen LogP contribution in [0.1, 0.15) is 0 Å². The van der Waals surface area contributed by atoms with Crippen molar-refractivity contribution in [3.05, 3.63) is 18.3 Å². The highest BCUT2D eigenvalue weighted by Gasteiger charge is 2.13. The predicted molar refractivity (Wildman–Crippen MR) is 60.0 cm³/mol. The van der Waals surface area contributed by atoms with Crippen molar-refractivity contribution in [1.29, 1.82) is 0 Å². The summed E-state index contributed by atoms with van der Waals surface area (Å²) in [6.45, 7) is 0. The summed E-state index contributed by atoms with van der Waals surface area (Å²) >= 11 is 0. The topological polar surface area (TPSA) is 74.3 Å². The molecule has 0 saturated heterocycles. The first-order chi connectivity index (χ1) is 6.95. The number of aromatic nitrogens is 1. The van der Waals surface area contributed by atoms with Crippen molar-refractivity contribution in [2.75, 3.05) is 31.2 Å². The fourth-order valence-electron chi connectivity index (χ4n) is 0.826. The van der Waals surface area contributed by atoms with Crippen LogP contribution in [0.4, 0.5) is 11.5 Å². The largest absolute Gasteiger partial charge is 0.387 e. The van der Waals surface area contributed by atoms with Gasteiger partial charge in [-0.3, -0.25) is 4.72 Å². The van der Waals surface area contributed by atoms with E-state index in [-0.39, 0.29) is 0 Å². The summed E-state index contributed by atoms with van der Waals surface area (Å²) in [6, 6.07) is 3.33. The molecule has 6 nitrogen and oxygen atoms in total. The molecule has 1 heterocycles. The summed E-state index contributed by atoms with van der Waals surface area (Å²) in [4.78, 5) is 3.94. The van der Waals surface area contributed by atoms with Crippen LogP contribution >= 0.6 is 0 Å². The Bertz CT molecular complexity index is 413. The molecule has 0 amide bonds. The lowest BCUT2D eigenvalue weighted by atomic mass is 10.4. The first-order valence-corrected chi connectivity index (χ1v) is 5.74. The number of pyridine rings is 1. The highest BCUT2D eigenvalue weighted by Crippen LogP contribution is 2.10. The molecule has 0 fully saturated rings. The van der Waals surface area contributed by atoms with Crippen LogP contribution in [0.15, 0.2) is 18.3 Å². The van der Waals surface area contributed by atoms with E-state index in [1.165, 1.54) is 14.1 Å². The average molecular weight is 230 g/mol. The van der Waals surface area contributed by atoms with Gasteiger partial charge in [0.25, 0.3) is 0 Å². The molecule has 0 saturated carbocycles. The highest BCUT2D eigenvalue weighted by molar-refractivity contribution is 7.90. The fraction of sp³-hybridized carbons (Fsp3) is 0.375. The van der Waals surface area contributed by atoms with Gasteiger partial charge in [0, 0.05) is 21.1 Å². The van der Waals surface area contributed by atoms with E-state index >= 15 is 0 Å². The monoisotopic (exact) mass is 230 g/mol. The van der Waals surface area contributed by atoms with Crippen molar-refractivity contribution in [2.24, 2.45) is 0 Å². The van der Waals surface area contributed by atoms with Gasteiger partial charge in [0.1, 0.15) is 5.82 Å². The summed E-state index contributed by atoms with van der Waals surface area (Å²) in [5, 5.41) is 2.89. The molecule has 2 N–H and O–H groups in total. The third-order valence-electron chi connectivity index (χ3n) is 1.77. The van der Waals surface area contributed by atoms with Crippen LogP contribution < -0.4 is 10.0 Å². The van der Waals surface area contributed by atoms with Crippen LogP contribution in [0.5, 0.6) is 0 Å². The maximum Gasteiger partial charge on any atom is 0.302 e. The Hall–Kier alpha value is -1.34. The average Bonchev–Trinajstić information content (AvgIpc) is 2.18. The van der Waals surface area contributed by atoms with Crippen molar-refractivity contribution >= 4 is 21.7 Å². The number of nitrogens with zero attached hydrogens (tertiary/aromatic N) is 2. The molecule has 0 aliphatic carbocycles. The third-order valence-corrected chi connectivity index (χ3v) is 3.19. The molecule has 0 radical (unpaired) electrons. The van der Waals surface area contributed by atoms with Gasteiger partial charge in [-0.1, -0.05) is 0 Å². The molecule has 1 aromatic rings. The normalized spacial score (nSPS) is 11.5. The Balaban J connectivity index is 2.82. The zero-order valence-electron chi connectivity index (χ0n) is 8.85. The standard InChI is InChI=1S/C8H14N4O2S/c1-9-7-4-5-8(10-6-7)11-15(13,14)12(2)3/h4-6,9H,1-3H3,(H,10,11). The summed E-state index contributed by atoms with van der Waals surface area (Å²) in [6.07, 6.45) is 1.55. The highest BCUT2D eigenvalue weighted by atomic mass is 32.2. The Morgan fingerprint density at radius 3 is 2.40 bits per heavy atom. The van der Waals surface area contributed by atoms with Crippen LogP contribution in [0.3, 0.4) is 0 Å². The van der Waals surface area contributed by atoms with E-state index in [2.05, 4.69) is 15.0 Å². The quantitative estimate of drug-likeness (QED) is 0.782. The zero-order chi connectivity index (χ0) is 11.5. The number of rotatable bonds is 4. The molecule has 84 valence electrons. The maximum atomic E-state index is 11.4. The first-order valence-electron chi connectivity index (χ1n) is 4.30. The Morgan fingerprint density at radius 1 is 1.33 bits per heavy atom. The molecule has 0 aliphatic rings. The minimum absolute atomic E-state index is 0.294. The van der Waals surface area contributed by atoms with Crippen molar-refractivity contribution in [3.8, 4) is 0 Å². The van der Waals surface area contributed by atoms with Crippen LogP contribution in [-0.4, -0.2) is 38.9 Å². The second-order valence-electron chi connectivity index (χ2n) is 3.07. The fourth-order valence-corrected chi connectivity index (χ4v) is 1.39. The van der Waals surface area contributed by atoms with Crippen LogP contribution in [0.25, 0.3) is 0 Å². The molecular formula is C8H14N4O2S. The Morgan fingerprint density at radius 2 is 2.00 bits per heavy atom. The van der Waals surface area contributed by atoms with E-state index in [0.717, 1.165) is 9.99 Å². The van der Waals surface area contributed by atoms with Gasteiger partial charge in [-0.2, -0.15) is 12.7 Å². The SMILES string of the molecule is CNc1ccc(NS(=O)(=O)N(C)C)nc1. The molecule has 0 spiro atoms. The first kappa shape index (κ1) is 11.7. The van der Waals surface area contributed by atoms with Crippen molar-refractivity contribution in [2.45, 2.75) is 0 Å². The van der Waals surface area contributed by atoms with E-state index in [0.29, 0.717) is 5.82 Å². The van der Waals surface area contributed by atoms with Crippen LogP contribution in [-0.2, 0) is 10.2 Å². The Kier molecular flexibility index (Phi) is 3.48. The van der Waals surface area contributed by atoms with Gasteiger partial charge in [-0.15, -0.1) is 0 Å². The molecule has 0 unspecified atom stereocenters. The summed E-state index contributed by atoms with van der Waals surface area (Å²) in [5.41, 5.74) is 0.822. The number of hydrogen-bond acceptors (Lipinski definition) is 4. The number of hydrogen-bond donors (Lipinski definition) is 2. The lowest BCUT2D eigenvalue weighted by molar-refractivity contribution is 0.526. The third kappa shape index (κ3) is 3.07. The second-order valence-corrected chi connectivity index (χ2v) is 4.96. The predicted octanol–water partition coefficient (Wildman–Crippen LogP) is 0.342. The smallest absolute Gasteiger partial charge is 0.302 e. The van der Waals surface area contributed by atoms with Gasteiger partial charge < -0.3 is 5.32 Å². The lowest BCUT2D eigenvalue weighted by Crippen LogP contribution is -2.29. The van der Waals surface area contributed by atoms with E-state index < -0.39 is 10.2 Å². The Labute approximate surface area is 89.5 Å². The van der Waals surface area contributed by atoms with Gasteiger partial charge in [0.15, 0.2) is 0 Å². The second kappa shape index (κ2) is 4.45. The van der Waals surface area contributed by atoms with Crippen molar-refractivity contribution < 1.29 is 8.42 Å². The van der Waals surface area contributed by atoms with Gasteiger partial charge in [-0.25, -0.2) is 4.98 Å². The van der Waals surface area contributed by atoms with Gasteiger partial charge >= 0.3 is 10.2 Å². The van der Waals surface area contributed by atoms with Crippen LogP contribution in [0, 0.1) is 0 Å². The summed E-state index contributed by atoms with van der Waals surface area (Å²) in [7, 11) is 1.19. The molecule has 1 rings (SSSR count). The van der Waals surface area contributed by atoms with Gasteiger partial charge in [-0.05, 0) is 12.1 Å². The molecule has 0 bridgehead atoms. The van der Waals surface area contributed by atoms with Crippen molar-refractivity contribution in [3.63, 3.8) is 0 Å². The molecule has 0 atom stereocenters. The number of nitrogens with one attached hydrogen (secondary N) is 2. The maximum absolute atomic E-state index is 11.4. The molecular weight excluding hydrogens is 216 g/mol. The van der Waals surface area contributed by atoms with E-state index in [4.69, 9.17) is 0 Å². The van der Waals surface area contributed by atoms with E-state index in [1.807, 2.05) is 0 Å². The lowest BCUT2D eigenvalue weighted by Gasteiger charge is -2.12. The molecule has 15 heavy (non-hydrogen) atoms. The molecule has 1 aromatic heterocycles. The van der Waals surface area contributed by atoms with Gasteiger partial charge in [0.2, 0.25) is 0 Å². The molecule has 0 aromatic carbocycles. The molecule has 7 heteroatoms. The zero-order valence-corrected chi connectivity index (χ0v) is 9.67. The summed E-state index contributed by atoms with van der Waals surface area (Å²) in [5.74, 6) is 0.294. The van der Waals surface area contributed by atoms with E-state index in [9.17, 15) is 8.42 Å². The van der Waals surface area contributed by atoms with E-state index in [1.54, 1.807) is 25.4 Å². The van der Waals surface area contributed by atoms with Crippen molar-refractivity contribution in [1.82, 2.24) is 9.29 Å². The minimum atomic E-state index is -3.47.